The highest BCUT2D eigenvalue weighted by Gasteiger charge is 2.46. The number of unbranched alkanes of at least 4 members (excludes halogenated alkanes) is 1. The number of carboxylic acids is 1. The standard InChI is InChI=1S/C36H51N7O6/c1-25-22-29(33(46)43(25)30(14-8-9-18-37)34(47)42-20-16-36(38,17-21-42)35(48)49)41-32(45)28(23-27-12-6-3-7-13-27)40-31(44)24-39-19-15-26-10-4-2-5-11-26/h2-7,10-13,25,28-30,39H,8-9,14-24,37-38H2,1H3,(H,40,44)(H,41,45)(H,48,49)/t25?,28-,29-,30?/m1/s1. The number of piperidine rings is 1. The molecule has 13 nitrogen and oxygen atoms in total. The van der Waals surface area contributed by atoms with Crippen LogP contribution in [0.25, 0.3) is 0 Å². The summed E-state index contributed by atoms with van der Waals surface area (Å²) in [4.78, 5) is 69.3. The Labute approximate surface area is 288 Å². The highest BCUT2D eigenvalue weighted by atomic mass is 16.4. The van der Waals surface area contributed by atoms with Crippen LogP contribution in [-0.2, 0) is 36.8 Å². The van der Waals surface area contributed by atoms with Crippen molar-refractivity contribution in [1.29, 1.82) is 0 Å². The number of benzene rings is 2. The van der Waals surface area contributed by atoms with Crippen LogP contribution in [0.5, 0.6) is 0 Å². The molecule has 2 aromatic rings. The minimum absolute atomic E-state index is 0.0272. The molecular formula is C36H51N7O6. The molecule has 0 aromatic heterocycles. The second-order valence-corrected chi connectivity index (χ2v) is 13.2. The summed E-state index contributed by atoms with van der Waals surface area (Å²) in [5.41, 5.74) is 12.4. The lowest BCUT2D eigenvalue weighted by Crippen LogP contribution is -2.60. The molecular weight excluding hydrogens is 626 g/mol. The average molecular weight is 678 g/mol. The number of carbonyl (C=O) groups is 5. The summed E-state index contributed by atoms with van der Waals surface area (Å²) >= 11 is 0. The molecule has 4 rings (SSSR count). The van der Waals surface area contributed by atoms with E-state index in [-0.39, 0.29) is 62.7 Å². The molecule has 2 aromatic carbocycles. The van der Waals surface area contributed by atoms with E-state index in [1.165, 1.54) is 0 Å². The van der Waals surface area contributed by atoms with Gasteiger partial charge in [-0.2, -0.15) is 0 Å². The van der Waals surface area contributed by atoms with E-state index in [1.54, 1.807) is 9.80 Å². The number of carbonyl (C=O) groups excluding carboxylic acids is 4. The van der Waals surface area contributed by atoms with Gasteiger partial charge in [-0.3, -0.25) is 24.0 Å². The molecule has 0 spiro atoms. The topological polar surface area (TPSA) is 200 Å². The van der Waals surface area contributed by atoms with Crippen LogP contribution in [0.4, 0.5) is 0 Å². The quantitative estimate of drug-likeness (QED) is 0.129. The number of hydrogen-bond acceptors (Lipinski definition) is 8. The first kappa shape index (κ1) is 37.5. The van der Waals surface area contributed by atoms with Gasteiger partial charge in [-0.1, -0.05) is 60.7 Å². The zero-order valence-electron chi connectivity index (χ0n) is 28.3. The Morgan fingerprint density at radius 3 is 2.22 bits per heavy atom. The third-order valence-corrected chi connectivity index (χ3v) is 9.52. The third kappa shape index (κ3) is 10.3. The lowest BCUT2D eigenvalue weighted by molar-refractivity contribution is -0.151. The molecule has 8 N–H and O–H groups in total. The van der Waals surface area contributed by atoms with Gasteiger partial charge in [-0.15, -0.1) is 0 Å². The van der Waals surface area contributed by atoms with E-state index in [2.05, 4.69) is 16.0 Å². The van der Waals surface area contributed by atoms with Crippen molar-refractivity contribution in [3.8, 4) is 0 Å². The van der Waals surface area contributed by atoms with Crippen molar-refractivity contribution in [2.75, 3.05) is 32.7 Å². The smallest absolute Gasteiger partial charge is 0.323 e. The summed E-state index contributed by atoms with van der Waals surface area (Å²) in [7, 11) is 0. The van der Waals surface area contributed by atoms with Gasteiger partial charge < -0.3 is 42.3 Å². The van der Waals surface area contributed by atoms with Gasteiger partial charge >= 0.3 is 5.97 Å². The van der Waals surface area contributed by atoms with E-state index >= 15 is 0 Å². The number of likely N-dealkylation sites (tertiary alicyclic amines) is 2. The summed E-state index contributed by atoms with van der Waals surface area (Å²) in [5, 5.41) is 18.4. The molecule has 2 saturated heterocycles. The van der Waals surface area contributed by atoms with Gasteiger partial charge in [0.25, 0.3) is 0 Å². The fraction of sp³-hybridized carbons (Fsp3) is 0.528. The van der Waals surface area contributed by atoms with Crippen LogP contribution in [0.3, 0.4) is 0 Å². The maximum atomic E-state index is 13.9. The second kappa shape index (κ2) is 17.9. The van der Waals surface area contributed by atoms with Crippen molar-refractivity contribution < 1.29 is 29.1 Å². The predicted molar refractivity (Wildman–Crippen MR) is 185 cm³/mol. The van der Waals surface area contributed by atoms with E-state index in [9.17, 15) is 29.1 Å². The number of nitrogens with two attached hydrogens (primary N) is 2. The molecule has 4 amide bonds. The molecule has 2 heterocycles. The molecule has 2 aliphatic rings. The third-order valence-electron chi connectivity index (χ3n) is 9.52. The van der Waals surface area contributed by atoms with Crippen molar-refractivity contribution in [3.63, 3.8) is 0 Å². The van der Waals surface area contributed by atoms with Gasteiger partial charge in [-0.25, -0.2) is 0 Å². The van der Waals surface area contributed by atoms with Gasteiger partial charge in [0.2, 0.25) is 23.6 Å². The first-order valence-corrected chi connectivity index (χ1v) is 17.2. The Kier molecular flexibility index (Phi) is 13.7. The Morgan fingerprint density at radius 1 is 0.980 bits per heavy atom. The van der Waals surface area contributed by atoms with E-state index < -0.39 is 35.5 Å². The Hall–Kier alpha value is -4.33. The van der Waals surface area contributed by atoms with Crippen LogP contribution in [-0.4, -0.2) is 107 Å². The van der Waals surface area contributed by atoms with Gasteiger partial charge in [0.15, 0.2) is 0 Å². The molecule has 13 heteroatoms. The Balaban J connectivity index is 1.41. The molecule has 4 atom stereocenters. The SMILES string of the molecule is CC1C[C@@H](NC(=O)[C@@H](Cc2ccccc2)NC(=O)CNCCc2ccccc2)C(=O)N1C(CCCCN)C(=O)N1CCC(N)(C(=O)O)CC1. The molecule has 49 heavy (non-hydrogen) atoms. The number of aliphatic carboxylic acids is 1. The number of nitrogens with one attached hydrogen (secondary N) is 3. The van der Waals surface area contributed by atoms with E-state index in [4.69, 9.17) is 11.5 Å². The van der Waals surface area contributed by atoms with Crippen molar-refractivity contribution in [1.82, 2.24) is 25.8 Å². The van der Waals surface area contributed by atoms with Crippen molar-refractivity contribution in [2.45, 2.75) is 88.0 Å². The predicted octanol–water partition coefficient (Wildman–Crippen LogP) is 0.554. The maximum Gasteiger partial charge on any atom is 0.323 e. The van der Waals surface area contributed by atoms with Crippen LogP contribution < -0.4 is 27.4 Å². The van der Waals surface area contributed by atoms with Crippen LogP contribution >= 0.6 is 0 Å². The first-order valence-electron chi connectivity index (χ1n) is 17.2. The van der Waals surface area contributed by atoms with Gasteiger partial charge in [0.1, 0.15) is 23.7 Å². The molecule has 2 aliphatic heterocycles. The summed E-state index contributed by atoms with van der Waals surface area (Å²) in [5.74, 6) is -2.54. The molecule has 2 fully saturated rings. The highest BCUT2D eigenvalue weighted by molar-refractivity contribution is 5.96. The normalized spacial score (nSPS) is 20.0. The molecule has 0 saturated carbocycles. The second-order valence-electron chi connectivity index (χ2n) is 13.2. The Morgan fingerprint density at radius 2 is 1.61 bits per heavy atom. The van der Waals surface area contributed by atoms with Crippen molar-refractivity contribution in [2.24, 2.45) is 11.5 Å². The van der Waals surface area contributed by atoms with Gasteiger partial charge in [0, 0.05) is 25.6 Å². The lowest BCUT2D eigenvalue weighted by atomic mass is 9.88. The van der Waals surface area contributed by atoms with E-state index in [0.29, 0.717) is 38.8 Å². The minimum Gasteiger partial charge on any atom is -0.480 e. The van der Waals surface area contributed by atoms with Crippen LogP contribution in [0.2, 0.25) is 0 Å². The fourth-order valence-electron chi connectivity index (χ4n) is 6.60. The number of rotatable bonds is 17. The molecule has 0 aliphatic carbocycles. The molecule has 266 valence electrons. The minimum atomic E-state index is -1.39. The monoisotopic (exact) mass is 677 g/mol. The molecule has 2 unspecified atom stereocenters. The zero-order valence-corrected chi connectivity index (χ0v) is 28.3. The van der Waals surface area contributed by atoms with Crippen LogP contribution in [0.1, 0.15) is 56.6 Å². The highest BCUT2D eigenvalue weighted by Crippen LogP contribution is 2.28. The Bertz CT molecular complexity index is 1420. The van der Waals surface area contributed by atoms with E-state index in [0.717, 1.165) is 17.5 Å². The van der Waals surface area contributed by atoms with Crippen molar-refractivity contribution >= 4 is 29.6 Å². The maximum absolute atomic E-state index is 13.9. The summed E-state index contributed by atoms with van der Waals surface area (Å²) in [6, 6.07) is 16.3. The van der Waals surface area contributed by atoms with Crippen molar-refractivity contribution in [3.05, 3.63) is 71.8 Å². The molecule has 0 bridgehead atoms. The number of hydrogen-bond donors (Lipinski definition) is 6. The van der Waals surface area contributed by atoms with Gasteiger partial charge in [0.05, 0.1) is 6.54 Å². The summed E-state index contributed by atoms with van der Waals surface area (Å²) < 4.78 is 0. The number of carboxylic acid groups (broad SMARTS) is 1. The van der Waals surface area contributed by atoms with Crippen LogP contribution in [0, 0.1) is 0 Å². The lowest BCUT2D eigenvalue weighted by Gasteiger charge is -2.40. The fourth-order valence-corrected chi connectivity index (χ4v) is 6.60. The average Bonchev–Trinajstić information content (AvgIpc) is 3.37. The summed E-state index contributed by atoms with van der Waals surface area (Å²) in [6.45, 7) is 3.26. The van der Waals surface area contributed by atoms with E-state index in [1.807, 2.05) is 67.6 Å². The summed E-state index contributed by atoms with van der Waals surface area (Å²) in [6.07, 6.45) is 3.19. The zero-order chi connectivity index (χ0) is 35.4. The van der Waals surface area contributed by atoms with Gasteiger partial charge in [-0.05, 0) is 76.1 Å². The number of amides is 4. The first-order chi connectivity index (χ1) is 23.5. The van der Waals surface area contributed by atoms with Crippen LogP contribution in [0.15, 0.2) is 60.7 Å². The molecule has 0 radical (unpaired) electrons. The number of nitrogens with zero attached hydrogens (tertiary/aromatic N) is 2. The largest absolute Gasteiger partial charge is 0.480 e.